The maximum Gasteiger partial charge on any atom is 0.346 e. The number of carbonyl (C=O) groups is 1. The van der Waals surface area contributed by atoms with Crippen LogP contribution in [0, 0.1) is 11.3 Å². The van der Waals surface area contributed by atoms with Gasteiger partial charge in [0.25, 0.3) is 0 Å². The zero-order valence-electron chi connectivity index (χ0n) is 21.3. The molecular formula is C35H25NO3. The van der Waals surface area contributed by atoms with E-state index < -0.39 is 5.97 Å². The molecule has 39 heavy (non-hydrogen) atoms. The third-order valence-electron chi connectivity index (χ3n) is 6.57. The first kappa shape index (κ1) is 25.3. The van der Waals surface area contributed by atoms with Crippen molar-refractivity contribution in [1.82, 2.24) is 0 Å². The second-order valence-corrected chi connectivity index (χ2v) is 9.11. The lowest BCUT2D eigenvalue weighted by Gasteiger charge is -2.20. The van der Waals surface area contributed by atoms with E-state index in [1.165, 1.54) is 6.08 Å². The molecule has 4 aromatic carbocycles. The van der Waals surface area contributed by atoms with Gasteiger partial charge in [-0.25, -0.2) is 4.79 Å². The van der Waals surface area contributed by atoms with E-state index in [9.17, 15) is 4.79 Å². The molecule has 4 heteroatoms. The Labute approximate surface area is 227 Å². The van der Waals surface area contributed by atoms with Crippen molar-refractivity contribution in [1.29, 1.82) is 5.26 Å². The van der Waals surface area contributed by atoms with Crippen molar-refractivity contribution in [3.63, 3.8) is 0 Å². The second-order valence-electron chi connectivity index (χ2n) is 9.11. The van der Waals surface area contributed by atoms with Crippen LogP contribution in [0.25, 0.3) is 34.3 Å². The van der Waals surface area contributed by atoms with Gasteiger partial charge < -0.3 is 9.84 Å². The van der Waals surface area contributed by atoms with Gasteiger partial charge in [-0.2, -0.15) is 5.26 Å². The number of nitrogens with zero attached hydrogens (tertiary/aromatic N) is 1. The molecule has 0 aliphatic carbocycles. The van der Waals surface area contributed by atoms with Crippen molar-refractivity contribution in [2.24, 2.45) is 0 Å². The predicted molar refractivity (Wildman–Crippen MR) is 156 cm³/mol. The molecule has 4 nitrogen and oxygen atoms in total. The van der Waals surface area contributed by atoms with E-state index in [0.29, 0.717) is 5.56 Å². The highest BCUT2D eigenvalue weighted by Crippen LogP contribution is 2.35. The minimum Gasteiger partial charge on any atom is -0.477 e. The summed E-state index contributed by atoms with van der Waals surface area (Å²) in [5, 5.41) is 18.1. The first-order valence-corrected chi connectivity index (χ1v) is 12.5. The van der Waals surface area contributed by atoms with Gasteiger partial charge in [0.2, 0.25) is 0 Å². The monoisotopic (exact) mass is 507 g/mol. The van der Waals surface area contributed by atoms with E-state index >= 15 is 0 Å². The lowest BCUT2D eigenvalue weighted by Crippen LogP contribution is -2.01. The van der Waals surface area contributed by atoms with Gasteiger partial charge in [0.15, 0.2) is 0 Å². The summed E-state index contributed by atoms with van der Waals surface area (Å²) in [6.07, 6.45) is 5.54. The Bertz CT molecular complexity index is 1610. The van der Waals surface area contributed by atoms with Gasteiger partial charge in [0.05, 0.1) is 0 Å². The molecule has 4 aromatic rings. The van der Waals surface area contributed by atoms with Gasteiger partial charge >= 0.3 is 5.97 Å². The van der Waals surface area contributed by atoms with E-state index in [0.717, 1.165) is 50.5 Å². The maximum absolute atomic E-state index is 11.1. The van der Waals surface area contributed by atoms with Crippen LogP contribution in [0.5, 0.6) is 0 Å². The van der Waals surface area contributed by atoms with Crippen molar-refractivity contribution in [2.45, 2.75) is 6.92 Å². The average Bonchev–Trinajstić information content (AvgIpc) is 3.00. The third-order valence-corrected chi connectivity index (χ3v) is 6.57. The van der Waals surface area contributed by atoms with Crippen LogP contribution in [0.4, 0.5) is 0 Å². The minimum atomic E-state index is -1.23. The number of aliphatic carboxylic acids is 1. The van der Waals surface area contributed by atoms with E-state index in [-0.39, 0.29) is 5.57 Å². The molecule has 0 bridgehead atoms. The summed E-state index contributed by atoms with van der Waals surface area (Å²) < 4.78 is 6.34. The Morgan fingerprint density at radius 2 is 1.21 bits per heavy atom. The first-order valence-electron chi connectivity index (χ1n) is 12.5. The van der Waals surface area contributed by atoms with E-state index in [1.807, 2.05) is 84.9 Å². The standard InChI is InChI=1S/C35H25NO3/c1-24(26-16-18-28(19-17-26)27-14-12-25(13-15-27)20-32(23-36)35(37)38)31-21-33(29-8-4-2-5-9-29)39-34(22-31)30-10-6-3-7-11-30/h2-22H,1H3,(H,37,38)/b32-20-. The van der Waals surface area contributed by atoms with E-state index in [4.69, 9.17) is 15.1 Å². The average molecular weight is 508 g/mol. The van der Waals surface area contributed by atoms with Crippen LogP contribution in [0.3, 0.4) is 0 Å². The predicted octanol–water partition coefficient (Wildman–Crippen LogP) is 8.23. The number of hydrogen-bond acceptors (Lipinski definition) is 3. The highest BCUT2D eigenvalue weighted by atomic mass is 16.5. The van der Waals surface area contributed by atoms with Gasteiger partial charge in [-0.3, -0.25) is 0 Å². The van der Waals surface area contributed by atoms with Crippen LogP contribution in [0.1, 0.15) is 29.2 Å². The number of nitriles is 1. The summed E-state index contributed by atoms with van der Waals surface area (Å²) in [5.74, 6) is 0.377. The SMILES string of the molecule is CC(=C1C=C(c2ccccc2)OC(c2ccccc2)=C1)c1ccc(-c2ccc(/C=C(/C#N)C(=O)O)cc2)cc1. The Morgan fingerprint density at radius 1 is 0.718 bits per heavy atom. The summed E-state index contributed by atoms with van der Waals surface area (Å²) in [7, 11) is 0. The summed E-state index contributed by atoms with van der Waals surface area (Å²) in [6, 6.07) is 37.7. The molecule has 0 radical (unpaired) electrons. The fourth-order valence-corrected chi connectivity index (χ4v) is 4.37. The first-order chi connectivity index (χ1) is 19.0. The normalized spacial score (nSPS) is 13.0. The van der Waals surface area contributed by atoms with Gasteiger partial charge in [-0.15, -0.1) is 0 Å². The highest BCUT2D eigenvalue weighted by molar-refractivity contribution is 5.96. The van der Waals surface area contributed by atoms with Crippen LogP contribution in [0.15, 0.2) is 132 Å². The molecule has 0 saturated carbocycles. The Kier molecular flexibility index (Phi) is 7.34. The number of carboxylic acid groups (broad SMARTS) is 1. The molecule has 0 amide bonds. The van der Waals surface area contributed by atoms with Crippen molar-refractivity contribution < 1.29 is 14.6 Å². The van der Waals surface area contributed by atoms with Crippen LogP contribution in [-0.2, 0) is 9.53 Å². The molecule has 0 atom stereocenters. The lowest BCUT2D eigenvalue weighted by molar-refractivity contribution is -0.132. The maximum atomic E-state index is 11.1. The van der Waals surface area contributed by atoms with E-state index in [1.54, 1.807) is 6.07 Å². The van der Waals surface area contributed by atoms with Crippen LogP contribution in [0.2, 0.25) is 0 Å². The largest absolute Gasteiger partial charge is 0.477 e. The molecule has 0 fully saturated rings. The number of benzene rings is 4. The smallest absolute Gasteiger partial charge is 0.346 e. The number of rotatable bonds is 6. The summed E-state index contributed by atoms with van der Waals surface area (Å²) in [5.41, 5.74) is 7.75. The Balaban J connectivity index is 1.47. The van der Waals surface area contributed by atoms with Crippen LogP contribution in [-0.4, -0.2) is 11.1 Å². The third kappa shape index (κ3) is 5.79. The Morgan fingerprint density at radius 3 is 1.67 bits per heavy atom. The fraction of sp³-hybridized carbons (Fsp3) is 0.0286. The quantitative estimate of drug-likeness (QED) is 0.211. The van der Waals surface area contributed by atoms with Gasteiger partial charge in [-0.1, -0.05) is 109 Å². The highest BCUT2D eigenvalue weighted by Gasteiger charge is 2.17. The van der Waals surface area contributed by atoms with Crippen LogP contribution >= 0.6 is 0 Å². The molecule has 1 heterocycles. The van der Waals surface area contributed by atoms with Gasteiger partial charge in [0, 0.05) is 11.1 Å². The molecule has 0 unspecified atom stereocenters. The Hall–Kier alpha value is -5.40. The van der Waals surface area contributed by atoms with Crippen LogP contribution < -0.4 is 0 Å². The lowest BCUT2D eigenvalue weighted by atomic mass is 9.95. The summed E-state index contributed by atoms with van der Waals surface area (Å²) >= 11 is 0. The van der Waals surface area contributed by atoms with Crippen molar-refractivity contribution >= 4 is 29.1 Å². The summed E-state index contributed by atoms with van der Waals surface area (Å²) in [6.45, 7) is 2.12. The number of hydrogen-bond donors (Lipinski definition) is 1. The second kappa shape index (κ2) is 11.3. The van der Waals surface area contributed by atoms with Gasteiger partial charge in [-0.05, 0) is 58.6 Å². The molecule has 188 valence electrons. The molecule has 0 aromatic heterocycles. The molecule has 1 aliphatic heterocycles. The van der Waals surface area contributed by atoms with Gasteiger partial charge in [0.1, 0.15) is 23.2 Å². The molecule has 0 saturated heterocycles. The number of carboxylic acids is 1. The van der Waals surface area contributed by atoms with Crippen molar-refractivity contribution in [2.75, 3.05) is 0 Å². The molecule has 1 aliphatic rings. The molecule has 0 spiro atoms. The zero-order valence-corrected chi connectivity index (χ0v) is 21.3. The molecule has 1 N–H and O–H groups in total. The molecule has 5 rings (SSSR count). The number of ether oxygens (including phenoxy) is 1. The fourth-order valence-electron chi connectivity index (χ4n) is 4.37. The minimum absolute atomic E-state index is 0.294. The zero-order chi connectivity index (χ0) is 27.2. The summed E-state index contributed by atoms with van der Waals surface area (Å²) in [4.78, 5) is 11.1. The van der Waals surface area contributed by atoms with Crippen molar-refractivity contribution in [3.05, 3.63) is 155 Å². The topological polar surface area (TPSA) is 70.3 Å². The number of allylic oxidation sites excluding steroid dienone is 4. The van der Waals surface area contributed by atoms with E-state index in [2.05, 4.69) is 43.3 Å². The molecular weight excluding hydrogens is 482 g/mol. The van der Waals surface area contributed by atoms with Crippen molar-refractivity contribution in [3.8, 4) is 17.2 Å².